The van der Waals surface area contributed by atoms with E-state index in [1.54, 1.807) is 0 Å². The standard InChI is InChI=1S/C12H16FNO3/c1-3-4-5-6-17-12-8-10(14-15)9(13)7-11(12)16-2/h7-8H,3-6H2,1-2H3. The topological polar surface area (TPSA) is 47.9 Å². The number of halogens is 1. The Bertz CT molecular complexity index is 382. The lowest BCUT2D eigenvalue weighted by atomic mass is 10.2. The predicted octanol–water partition coefficient (Wildman–Crippen LogP) is 3.80. The van der Waals surface area contributed by atoms with Crippen molar-refractivity contribution in [3.05, 3.63) is 22.9 Å². The molecule has 0 atom stereocenters. The number of nitroso groups, excluding NO2 is 1. The van der Waals surface area contributed by atoms with Crippen molar-refractivity contribution in [1.29, 1.82) is 0 Å². The van der Waals surface area contributed by atoms with Gasteiger partial charge in [-0.1, -0.05) is 19.8 Å². The van der Waals surface area contributed by atoms with Crippen LogP contribution in [0.1, 0.15) is 26.2 Å². The van der Waals surface area contributed by atoms with Crippen molar-refractivity contribution in [3.8, 4) is 11.5 Å². The van der Waals surface area contributed by atoms with Crippen molar-refractivity contribution in [2.45, 2.75) is 26.2 Å². The number of benzene rings is 1. The second-order valence-electron chi connectivity index (χ2n) is 3.60. The molecule has 0 aliphatic heterocycles. The van der Waals surface area contributed by atoms with E-state index in [1.807, 2.05) is 0 Å². The molecule has 0 spiro atoms. The van der Waals surface area contributed by atoms with Crippen LogP contribution >= 0.6 is 0 Å². The third-order valence-electron chi connectivity index (χ3n) is 2.34. The molecular formula is C12H16FNO3. The third kappa shape index (κ3) is 3.69. The lowest BCUT2D eigenvalue weighted by Crippen LogP contribution is -1.99. The Hall–Kier alpha value is -1.65. The summed E-state index contributed by atoms with van der Waals surface area (Å²) >= 11 is 0. The lowest BCUT2D eigenvalue weighted by Gasteiger charge is -2.11. The molecule has 0 N–H and O–H groups in total. The molecule has 0 fully saturated rings. The largest absolute Gasteiger partial charge is 0.493 e. The summed E-state index contributed by atoms with van der Waals surface area (Å²) in [7, 11) is 1.42. The van der Waals surface area contributed by atoms with Crippen LogP contribution in [0.4, 0.5) is 10.1 Å². The summed E-state index contributed by atoms with van der Waals surface area (Å²) in [6, 6.07) is 2.36. The monoisotopic (exact) mass is 241 g/mol. The van der Waals surface area contributed by atoms with Crippen LogP contribution in [0.2, 0.25) is 0 Å². The van der Waals surface area contributed by atoms with Crippen molar-refractivity contribution >= 4 is 5.69 Å². The maximum atomic E-state index is 13.2. The molecule has 0 unspecified atom stereocenters. The van der Waals surface area contributed by atoms with Gasteiger partial charge < -0.3 is 9.47 Å². The van der Waals surface area contributed by atoms with Gasteiger partial charge in [-0.05, 0) is 11.6 Å². The van der Waals surface area contributed by atoms with Gasteiger partial charge in [-0.25, -0.2) is 4.39 Å². The zero-order valence-corrected chi connectivity index (χ0v) is 10.0. The molecule has 0 saturated heterocycles. The van der Waals surface area contributed by atoms with Crippen LogP contribution in [0, 0.1) is 10.7 Å². The summed E-state index contributed by atoms with van der Waals surface area (Å²) < 4.78 is 23.6. The van der Waals surface area contributed by atoms with Gasteiger partial charge in [0.25, 0.3) is 0 Å². The molecular weight excluding hydrogens is 225 g/mol. The second kappa shape index (κ2) is 6.83. The smallest absolute Gasteiger partial charge is 0.163 e. The average molecular weight is 241 g/mol. The van der Waals surface area contributed by atoms with Gasteiger partial charge in [0, 0.05) is 12.1 Å². The number of methoxy groups -OCH3 is 1. The number of unbranched alkanes of at least 4 members (excludes halogenated alkanes) is 2. The Morgan fingerprint density at radius 3 is 2.65 bits per heavy atom. The SMILES string of the molecule is CCCCCOc1cc(N=O)c(F)cc1OC. The molecule has 0 aliphatic rings. The van der Waals surface area contributed by atoms with Gasteiger partial charge in [-0.15, -0.1) is 4.91 Å². The molecule has 0 heterocycles. The lowest BCUT2D eigenvalue weighted by molar-refractivity contribution is 0.285. The highest BCUT2D eigenvalue weighted by molar-refractivity contribution is 5.52. The molecule has 0 saturated carbocycles. The van der Waals surface area contributed by atoms with Crippen LogP contribution in [0.3, 0.4) is 0 Å². The van der Waals surface area contributed by atoms with E-state index >= 15 is 0 Å². The molecule has 1 aromatic rings. The molecule has 4 nitrogen and oxygen atoms in total. The molecule has 1 rings (SSSR count). The van der Waals surface area contributed by atoms with Gasteiger partial charge in [-0.2, -0.15) is 0 Å². The first-order valence-electron chi connectivity index (χ1n) is 5.56. The Morgan fingerprint density at radius 1 is 1.29 bits per heavy atom. The number of hydrogen-bond donors (Lipinski definition) is 0. The summed E-state index contributed by atoms with van der Waals surface area (Å²) in [5, 5.41) is 2.59. The minimum atomic E-state index is -0.710. The summed E-state index contributed by atoms with van der Waals surface area (Å²) in [5.41, 5.74) is -0.267. The number of rotatable bonds is 7. The molecule has 94 valence electrons. The highest BCUT2D eigenvalue weighted by Gasteiger charge is 2.12. The first kappa shape index (κ1) is 13.4. The van der Waals surface area contributed by atoms with E-state index in [0.717, 1.165) is 25.3 Å². The zero-order chi connectivity index (χ0) is 12.7. The molecule has 0 aromatic heterocycles. The highest BCUT2D eigenvalue weighted by Crippen LogP contribution is 2.34. The molecule has 0 amide bonds. The van der Waals surface area contributed by atoms with E-state index in [-0.39, 0.29) is 11.4 Å². The Balaban J connectivity index is 2.77. The number of ether oxygens (including phenoxy) is 2. The van der Waals surface area contributed by atoms with Gasteiger partial charge in [0.1, 0.15) is 5.69 Å². The third-order valence-corrected chi connectivity index (χ3v) is 2.34. The Morgan fingerprint density at radius 2 is 2.06 bits per heavy atom. The van der Waals surface area contributed by atoms with Crippen molar-refractivity contribution in [2.75, 3.05) is 13.7 Å². The summed E-state index contributed by atoms with van der Waals surface area (Å²) in [6.45, 7) is 2.60. The van der Waals surface area contributed by atoms with Crippen LogP contribution in [-0.4, -0.2) is 13.7 Å². The molecule has 5 heteroatoms. The van der Waals surface area contributed by atoms with Crippen LogP contribution in [-0.2, 0) is 0 Å². The normalized spacial score (nSPS) is 10.1. The number of nitrogens with zero attached hydrogens (tertiary/aromatic N) is 1. The first-order chi connectivity index (χ1) is 8.22. The Kier molecular flexibility index (Phi) is 5.39. The maximum Gasteiger partial charge on any atom is 0.163 e. The summed E-state index contributed by atoms with van der Waals surface area (Å²) in [6.07, 6.45) is 3.05. The highest BCUT2D eigenvalue weighted by atomic mass is 19.1. The minimum absolute atomic E-state index is 0.267. The van der Waals surface area contributed by atoms with E-state index in [1.165, 1.54) is 13.2 Å². The van der Waals surface area contributed by atoms with Crippen LogP contribution in [0.5, 0.6) is 11.5 Å². The number of hydrogen-bond acceptors (Lipinski definition) is 4. The summed E-state index contributed by atoms with van der Waals surface area (Å²) in [5.74, 6) is -0.0937. The van der Waals surface area contributed by atoms with Gasteiger partial charge in [0.05, 0.1) is 13.7 Å². The van der Waals surface area contributed by atoms with Crippen molar-refractivity contribution in [1.82, 2.24) is 0 Å². The van der Waals surface area contributed by atoms with Crippen LogP contribution < -0.4 is 9.47 Å². The van der Waals surface area contributed by atoms with Crippen molar-refractivity contribution < 1.29 is 13.9 Å². The van der Waals surface area contributed by atoms with Gasteiger partial charge >= 0.3 is 0 Å². The molecule has 0 aliphatic carbocycles. The van der Waals surface area contributed by atoms with Crippen molar-refractivity contribution in [2.24, 2.45) is 5.18 Å². The molecule has 1 aromatic carbocycles. The Labute approximate surface area is 99.7 Å². The molecule has 0 bridgehead atoms. The average Bonchev–Trinajstić information content (AvgIpc) is 2.35. The first-order valence-corrected chi connectivity index (χ1v) is 5.56. The maximum absolute atomic E-state index is 13.2. The fourth-order valence-electron chi connectivity index (χ4n) is 1.40. The predicted molar refractivity (Wildman–Crippen MR) is 63.4 cm³/mol. The summed E-state index contributed by atoms with van der Waals surface area (Å²) in [4.78, 5) is 10.4. The quantitative estimate of drug-likeness (QED) is 0.538. The van der Waals surface area contributed by atoms with E-state index in [9.17, 15) is 9.30 Å². The van der Waals surface area contributed by atoms with E-state index in [4.69, 9.17) is 9.47 Å². The van der Waals surface area contributed by atoms with Crippen LogP contribution in [0.15, 0.2) is 17.3 Å². The minimum Gasteiger partial charge on any atom is -0.493 e. The molecule has 17 heavy (non-hydrogen) atoms. The fraction of sp³-hybridized carbons (Fsp3) is 0.500. The van der Waals surface area contributed by atoms with Gasteiger partial charge in [0.15, 0.2) is 17.3 Å². The van der Waals surface area contributed by atoms with Gasteiger partial charge in [-0.3, -0.25) is 0 Å². The van der Waals surface area contributed by atoms with E-state index < -0.39 is 5.82 Å². The van der Waals surface area contributed by atoms with E-state index in [0.29, 0.717) is 12.4 Å². The van der Waals surface area contributed by atoms with Crippen molar-refractivity contribution in [3.63, 3.8) is 0 Å². The fourth-order valence-corrected chi connectivity index (χ4v) is 1.40. The zero-order valence-electron chi connectivity index (χ0n) is 10.0. The van der Waals surface area contributed by atoms with E-state index in [2.05, 4.69) is 12.1 Å². The second-order valence-corrected chi connectivity index (χ2v) is 3.60. The molecule has 0 radical (unpaired) electrons. The van der Waals surface area contributed by atoms with Crippen LogP contribution in [0.25, 0.3) is 0 Å². The van der Waals surface area contributed by atoms with Gasteiger partial charge in [0.2, 0.25) is 0 Å².